The Morgan fingerprint density at radius 1 is 1.21 bits per heavy atom. The average Bonchev–Trinajstić information content (AvgIpc) is 3.13. The molecule has 0 radical (unpaired) electrons. The molecule has 8 heteroatoms. The molecule has 0 bridgehead atoms. The fraction of sp³-hybridized carbons (Fsp3) is 0.571. The van der Waals surface area contributed by atoms with Gasteiger partial charge in [0.15, 0.2) is 0 Å². The third kappa shape index (κ3) is 6.27. The number of nitrogens with one attached hydrogen (secondary N) is 1. The van der Waals surface area contributed by atoms with Crippen LogP contribution in [-0.2, 0) is 25.7 Å². The maximum atomic E-state index is 12.5. The Morgan fingerprint density at radius 2 is 1.83 bits per heavy atom. The van der Waals surface area contributed by atoms with Gasteiger partial charge in [-0.2, -0.15) is 0 Å². The summed E-state index contributed by atoms with van der Waals surface area (Å²) in [6, 6.07) is 5.14. The largest absolute Gasteiger partial charge is 0.459 e. The van der Waals surface area contributed by atoms with E-state index in [1.165, 1.54) is 0 Å². The molecule has 5 N–H and O–H groups in total. The number of hydrogen-bond donors (Lipinski definition) is 3. The van der Waals surface area contributed by atoms with Gasteiger partial charge in [-0.3, -0.25) is 9.59 Å². The smallest absolute Gasteiger partial charge is 0.328 e. The molecule has 160 valence electrons. The third-order valence-electron chi connectivity index (χ3n) is 4.69. The highest BCUT2D eigenvalue weighted by molar-refractivity contribution is 5.90. The minimum Gasteiger partial charge on any atom is -0.459 e. The zero-order valence-electron chi connectivity index (χ0n) is 17.6. The van der Waals surface area contributed by atoms with Crippen LogP contribution in [0.4, 0.5) is 0 Å². The predicted molar refractivity (Wildman–Crippen MR) is 109 cm³/mol. The second-order valence-electron chi connectivity index (χ2n) is 8.45. The van der Waals surface area contributed by atoms with Gasteiger partial charge in [0.2, 0.25) is 11.8 Å². The number of amides is 2. The minimum atomic E-state index is -0.867. The first kappa shape index (κ1) is 22.8. The van der Waals surface area contributed by atoms with Gasteiger partial charge >= 0.3 is 5.97 Å². The molecule has 3 atom stereocenters. The number of benzene rings is 1. The predicted octanol–water partition coefficient (Wildman–Crippen LogP) is 0.983. The van der Waals surface area contributed by atoms with E-state index in [9.17, 15) is 14.4 Å². The molecule has 0 aliphatic carbocycles. The maximum Gasteiger partial charge on any atom is 0.328 e. The van der Waals surface area contributed by atoms with E-state index in [1.54, 1.807) is 56.9 Å². The molecule has 1 aliphatic heterocycles. The zero-order chi connectivity index (χ0) is 21.8. The number of hydrogen-bond acceptors (Lipinski definition) is 6. The average molecular weight is 405 g/mol. The fourth-order valence-electron chi connectivity index (χ4n) is 3.22. The first-order valence-electron chi connectivity index (χ1n) is 9.90. The number of rotatable bonds is 6. The lowest BCUT2D eigenvalue weighted by Gasteiger charge is -2.25. The molecule has 1 aromatic carbocycles. The van der Waals surface area contributed by atoms with Crippen molar-refractivity contribution in [3.8, 4) is 0 Å². The van der Waals surface area contributed by atoms with E-state index in [2.05, 4.69) is 5.32 Å². The van der Waals surface area contributed by atoms with Crippen LogP contribution in [0.15, 0.2) is 24.3 Å². The minimum absolute atomic E-state index is 0.189. The van der Waals surface area contributed by atoms with Gasteiger partial charge in [-0.05, 0) is 51.7 Å². The Hall–Kier alpha value is -2.45. The lowest BCUT2D eigenvalue weighted by Crippen LogP contribution is -2.50. The molecule has 0 aromatic heterocycles. The van der Waals surface area contributed by atoms with Crippen molar-refractivity contribution >= 4 is 17.8 Å². The van der Waals surface area contributed by atoms with Crippen LogP contribution in [0.1, 0.15) is 57.7 Å². The second-order valence-corrected chi connectivity index (χ2v) is 8.45. The Morgan fingerprint density at radius 3 is 2.38 bits per heavy atom. The summed E-state index contributed by atoms with van der Waals surface area (Å²) in [4.78, 5) is 38.3. The van der Waals surface area contributed by atoms with E-state index in [0.29, 0.717) is 25.1 Å². The topological polar surface area (TPSA) is 128 Å². The lowest BCUT2D eigenvalue weighted by atomic mass is 10.0. The van der Waals surface area contributed by atoms with E-state index in [-0.39, 0.29) is 11.8 Å². The molecule has 2 amide bonds. The van der Waals surface area contributed by atoms with E-state index in [4.69, 9.17) is 16.2 Å². The second kappa shape index (κ2) is 9.37. The first-order chi connectivity index (χ1) is 13.5. The molecule has 8 nitrogen and oxygen atoms in total. The summed E-state index contributed by atoms with van der Waals surface area (Å²) in [5, 5.41) is 2.87. The molecule has 2 rings (SSSR count). The Labute approximate surface area is 171 Å². The molecular weight excluding hydrogens is 372 g/mol. The summed E-state index contributed by atoms with van der Waals surface area (Å²) in [5.74, 6) is -0.882. The molecule has 1 heterocycles. The van der Waals surface area contributed by atoms with Gasteiger partial charge in [-0.15, -0.1) is 0 Å². The molecule has 0 spiro atoms. The van der Waals surface area contributed by atoms with Gasteiger partial charge in [0.25, 0.3) is 0 Å². The van der Waals surface area contributed by atoms with Crippen LogP contribution in [0.2, 0.25) is 0 Å². The SMILES string of the molecule is CC(N)C(=O)N1CCCC1C(=O)NCc1ccc(C(N)C(=O)OC(C)(C)C)cc1. The number of esters is 1. The van der Waals surface area contributed by atoms with Gasteiger partial charge in [0, 0.05) is 13.1 Å². The summed E-state index contributed by atoms with van der Waals surface area (Å²) in [6.07, 6.45) is 1.42. The van der Waals surface area contributed by atoms with Gasteiger partial charge in [0.1, 0.15) is 17.7 Å². The van der Waals surface area contributed by atoms with Crippen LogP contribution in [0.25, 0.3) is 0 Å². The van der Waals surface area contributed by atoms with Crippen molar-refractivity contribution in [1.29, 1.82) is 0 Å². The summed E-state index contributed by atoms with van der Waals surface area (Å²) in [5.41, 5.74) is 12.5. The van der Waals surface area contributed by atoms with Gasteiger partial charge < -0.3 is 26.4 Å². The van der Waals surface area contributed by atoms with Gasteiger partial charge in [0.05, 0.1) is 6.04 Å². The molecule has 3 unspecified atom stereocenters. The zero-order valence-corrected chi connectivity index (χ0v) is 17.6. The number of likely N-dealkylation sites (tertiary alicyclic amines) is 1. The van der Waals surface area contributed by atoms with Gasteiger partial charge in [-0.1, -0.05) is 24.3 Å². The Kier molecular flexibility index (Phi) is 7.37. The van der Waals surface area contributed by atoms with Crippen LogP contribution in [0, 0.1) is 0 Å². The number of ether oxygens (including phenoxy) is 1. The summed E-state index contributed by atoms with van der Waals surface area (Å²) in [6.45, 7) is 7.86. The number of carbonyl (C=O) groups excluding carboxylic acids is 3. The van der Waals surface area contributed by atoms with Crippen molar-refractivity contribution in [2.75, 3.05) is 6.54 Å². The molecular formula is C21H32N4O4. The van der Waals surface area contributed by atoms with Crippen molar-refractivity contribution in [1.82, 2.24) is 10.2 Å². The van der Waals surface area contributed by atoms with Crippen LogP contribution >= 0.6 is 0 Å². The lowest BCUT2D eigenvalue weighted by molar-refractivity contribution is -0.156. The Balaban J connectivity index is 1.92. The van der Waals surface area contributed by atoms with Crippen molar-refractivity contribution in [3.63, 3.8) is 0 Å². The summed E-state index contributed by atoms with van der Waals surface area (Å²) >= 11 is 0. The monoisotopic (exact) mass is 404 g/mol. The van der Waals surface area contributed by atoms with E-state index in [1.807, 2.05) is 0 Å². The highest BCUT2D eigenvalue weighted by Crippen LogP contribution is 2.19. The van der Waals surface area contributed by atoms with E-state index < -0.39 is 29.7 Å². The first-order valence-corrected chi connectivity index (χ1v) is 9.90. The van der Waals surface area contributed by atoms with Crippen LogP contribution < -0.4 is 16.8 Å². The molecule has 1 aliphatic rings. The quantitative estimate of drug-likeness (QED) is 0.607. The third-order valence-corrected chi connectivity index (χ3v) is 4.69. The molecule has 29 heavy (non-hydrogen) atoms. The van der Waals surface area contributed by atoms with Crippen LogP contribution in [0.3, 0.4) is 0 Å². The van der Waals surface area contributed by atoms with Crippen molar-refractivity contribution in [2.24, 2.45) is 11.5 Å². The van der Waals surface area contributed by atoms with E-state index in [0.717, 1.165) is 12.0 Å². The molecule has 1 aromatic rings. The van der Waals surface area contributed by atoms with E-state index >= 15 is 0 Å². The van der Waals surface area contributed by atoms with Gasteiger partial charge in [-0.25, -0.2) is 4.79 Å². The summed E-state index contributed by atoms with van der Waals surface area (Å²) < 4.78 is 5.30. The fourth-order valence-corrected chi connectivity index (χ4v) is 3.22. The number of nitrogens with two attached hydrogens (primary N) is 2. The Bertz CT molecular complexity index is 740. The highest BCUT2D eigenvalue weighted by atomic mass is 16.6. The normalized spacial score (nSPS) is 18.8. The van der Waals surface area contributed by atoms with Crippen LogP contribution in [-0.4, -0.2) is 46.9 Å². The standard InChI is InChI=1S/C21H32N4O4/c1-13(22)19(27)25-11-5-6-16(25)18(26)24-12-14-7-9-15(10-8-14)17(23)20(28)29-21(2,3)4/h7-10,13,16-17H,5-6,11-12,22-23H2,1-4H3,(H,24,26). The van der Waals surface area contributed by atoms with Crippen molar-refractivity contribution < 1.29 is 19.1 Å². The number of carbonyl (C=O) groups is 3. The van der Waals surface area contributed by atoms with Crippen LogP contribution in [0.5, 0.6) is 0 Å². The van der Waals surface area contributed by atoms with Crippen molar-refractivity contribution in [2.45, 2.75) is 70.8 Å². The maximum absolute atomic E-state index is 12.5. The number of nitrogens with zero attached hydrogens (tertiary/aromatic N) is 1. The highest BCUT2D eigenvalue weighted by Gasteiger charge is 2.34. The molecule has 0 saturated carbocycles. The molecule has 1 fully saturated rings. The summed E-state index contributed by atoms with van der Waals surface area (Å²) in [7, 11) is 0. The van der Waals surface area contributed by atoms with Crippen molar-refractivity contribution in [3.05, 3.63) is 35.4 Å². The molecule has 1 saturated heterocycles.